The lowest BCUT2D eigenvalue weighted by Gasteiger charge is -2.20. The molecule has 30 heavy (non-hydrogen) atoms. The number of carbonyl (C=O) groups is 1. The van der Waals surface area contributed by atoms with Crippen LogP contribution in [-0.4, -0.2) is 34.3 Å². The summed E-state index contributed by atoms with van der Waals surface area (Å²) in [6, 6.07) is 7.62. The van der Waals surface area contributed by atoms with Crippen molar-refractivity contribution < 1.29 is 13.2 Å². The molecule has 0 fully saturated rings. The Balaban J connectivity index is 1.42. The number of amides is 1. The minimum absolute atomic E-state index is 0.0779. The minimum Gasteiger partial charge on any atom is -0.348 e. The van der Waals surface area contributed by atoms with Crippen molar-refractivity contribution in [2.24, 2.45) is 5.92 Å². The molecule has 3 N–H and O–H groups in total. The Morgan fingerprint density at radius 1 is 1.17 bits per heavy atom. The molecule has 9 nitrogen and oxygen atoms in total. The molecule has 10 heteroatoms. The van der Waals surface area contributed by atoms with Gasteiger partial charge in [0.25, 0.3) is 10.0 Å². The average molecular weight is 427 g/mol. The number of sulfonamides is 1. The number of nitrogens with one attached hydrogen (secondary N) is 3. The van der Waals surface area contributed by atoms with Crippen LogP contribution >= 0.6 is 0 Å². The number of anilines is 2. The van der Waals surface area contributed by atoms with Gasteiger partial charge in [0.2, 0.25) is 5.91 Å². The largest absolute Gasteiger partial charge is 0.348 e. The highest BCUT2D eigenvalue weighted by atomic mass is 32.2. The van der Waals surface area contributed by atoms with Gasteiger partial charge in [-0.25, -0.2) is 23.4 Å². The Morgan fingerprint density at radius 3 is 2.67 bits per heavy atom. The van der Waals surface area contributed by atoms with Gasteiger partial charge in [-0.3, -0.25) is 9.52 Å². The SMILES string of the molecule is Cc1cc(NS(=O)(=O)c2ccc(NC(=O)C3CCc4nc[nH]c4C3)cc2)nc(C)n1. The fraction of sp³-hybridized carbons (Fsp3) is 0.300. The third-order valence-corrected chi connectivity index (χ3v) is 6.37. The average Bonchev–Trinajstić information content (AvgIpc) is 3.15. The number of nitrogens with zero attached hydrogens (tertiary/aromatic N) is 3. The fourth-order valence-electron chi connectivity index (χ4n) is 3.55. The Kier molecular flexibility index (Phi) is 5.25. The van der Waals surface area contributed by atoms with E-state index in [2.05, 4.69) is 30.0 Å². The van der Waals surface area contributed by atoms with Gasteiger partial charge >= 0.3 is 0 Å². The quantitative estimate of drug-likeness (QED) is 0.574. The van der Waals surface area contributed by atoms with Crippen molar-refractivity contribution >= 4 is 27.4 Å². The highest BCUT2D eigenvalue weighted by molar-refractivity contribution is 7.92. The Labute approximate surface area is 174 Å². The normalized spacial score (nSPS) is 16.0. The number of H-pyrrole nitrogens is 1. The summed E-state index contributed by atoms with van der Waals surface area (Å²) >= 11 is 0. The van der Waals surface area contributed by atoms with E-state index in [4.69, 9.17) is 0 Å². The van der Waals surface area contributed by atoms with E-state index in [9.17, 15) is 13.2 Å². The summed E-state index contributed by atoms with van der Waals surface area (Å²) in [5, 5.41) is 2.87. The number of hydrogen-bond acceptors (Lipinski definition) is 6. The van der Waals surface area contributed by atoms with Crippen molar-refractivity contribution in [3.05, 3.63) is 59.6 Å². The first-order valence-corrected chi connectivity index (χ1v) is 11.1. The number of rotatable bonds is 5. The van der Waals surface area contributed by atoms with Crippen LogP contribution in [0, 0.1) is 19.8 Å². The predicted octanol–water partition coefficient (Wildman–Crippen LogP) is 2.36. The van der Waals surface area contributed by atoms with Crippen molar-refractivity contribution in [1.29, 1.82) is 0 Å². The molecule has 2 aromatic heterocycles. The molecule has 3 aromatic rings. The van der Waals surface area contributed by atoms with Crippen LogP contribution in [-0.2, 0) is 27.7 Å². The number of fused-ring (bicyclic) bond motifs is 1. The number of aromatic amines is 1. The van der Waals surface area contributed by atoms with Crippen molar-refractivity contribution in [2.75, 3.05) is 10.0 Å². The fourth-order valence-corrected chi connectivity index (χ4v) is 4.54. The lowest BCUT2D eigenvalue weighted by molar-refractivity contribution is -0.120. The van der Waals surface area contributed by atoms with Gasteiger partial charge in [0, 0.05) is 35.5 Å². The molecule has 0 saturated carbocycles. The first-order chi connectivity index (χ1) is 14.3. The standard InChI is InChI=1S/C20H22N6O3S/c1-12-9-19(24-13(2)23-12)26-30(28,29)16-6-4-15(5-7-16)25-20(27)14-3-8-17-18(10-14)22-11-21-17/h4-7,9,11,14H,3,8,10H2,1-2H3,(H,21,22)(H,25,27)(H,23,24,26). The van der Waals surface area contributed by atoms with Gasteiger partial charge in [-0.1, -0.05) is 0 Å². The van der Waals surface area contributed by atoms with Crippen molar-refractivity contribution in [1.82, 2.24) is 19.9 Å². The number of aromatic nitrogens is 4. The summed E-state index contributed by atoms with van der Waals surface area (Å²) < 4.78 is 27.7. The third kappa shape index (κ3) is 4.33. The van der Waals surface area contributed by atoms with E-state index in [0.29, 0.717) is 23.6 Å². The number of benzene rings is 1. The van der Waals surface area contributed by atoms with Crippen LogP contribution in [0.3, 0.4) is 0 Å². The monoisotopic (exact) mass is 426 g/mol. The summed E-state index contributed by atoms with van der Waals surface area (Å²) in [6.07, 6.45) is 3.77. The van der Waals surface area contributed by atoms with E-state index >= 15 is 0 Å². The van der Waals surface area contributed by atoms with Crippen molar-refractivity contribution in [3.63, 3.8) is 0 Å². The second-order valence-corrected chi connectivity index (χ2v) is 9.01. The number of hydrogen-bond donors (Lipinski definition) is 3. The molecule has 4 rings (SSSR count). The van der Waals surface area contributed by atoms with Crippen LogP contribution in [0.5, 0.6) is 0 Å². The predicted molar refractivity (Wildman–Crippen MR) is 111 cm³/mol. The van der Waals surface area contributed by atoms with Crippen molar-refractivity contribution in [2.45, 2.75) is 38.0 Å². The maximum atomic E-state index is 12.6. The Morgan fingerprint density at radius 2 is 1.93 bits per heavy atom. The van der Waals surface area contributed by atoms with Gasteiger partial charge in [0.1, 0.15) is 11.6 Å². The van der Waals surface area contributed by atoms with Crippen LogP contribution in [0.15, 0.2) is 41.6 Å². The number of imidazole rings is 1. The van der Waals surface area contributed by atoms with Gasteiger partial charge in [-0.2, -0.15) is 0 Å². The highest BCUT2D eigenvalue weighted by Gasteiger charge is 2.26. The summed E-state index contributed by atoms with van der Waals surface area (Å²) in [5.74, 6) is 0.465. The molecule has 0 aliphatic heterocycles. The Bertz CT molecular complexity index is 1170. The van der Waals surface area contributed by atoms with E-state index in [1.165, 1.54) is 12.1 Å². The van der Waals surface area contributed by atoms with Gasteiger partial charge in [-0.05, 0) is 51.0 Å². The molecule has 0 bridgehead atoms. The zero-order valence-corrected chi connectivity index (χ0v) is 17.5. The number of carbonyl (C=O) groups excluding carboxylic acids is 1. The molecular formula is C20H22N6O3S. The summed E-state index contributed by atoms with van der Waals surface area (Å²) in [5.41, 5.74) is 3.24. The van der Waals surface area contributed by atoms with E-state index < -0.39 is 10.0 Å². The topological polar surface area (TPSA) is 130 Å². The van der Waals surface area contributed by atoms with E-state index in [0.717, 1.165) is 24.2 Å². The molecule has 1 unspecified atom stereocenters. The lowest BCUT2D eigenvalue weighted by Crippen LogP contribution is -2.28. The summed E-state index contributed by atoms with van der Waals surface area (Å²) in [6.45, 7) is 3.46. The van der Waals surface area contributed by atoms with Crippen LogP contribution < -0.4 is 10.0 Å². The summed E-state index contributed by atoms with van der Waals surface area (Å²) in [4.78, 5) is 28.2. The molecule has 1 amide bonds. The van der Waals surface area contributed by atoms with E-state index in [1.54, 1.807) is 38.4 Å². The molecule has 1 atom stereocenters. The zero-order valence-electron chi connectivity index (χ0n) is 16.6. The second kappa shape index (κ2) is 7.86. The third-order valence-electron chi connectivity index (χ3n) is 5.00. The van der Waals surface area contributed by atoms with Gasteiger partial charge in [-0.15, -0.1) is 0 Å². The van der Waals surface area contributed by atoms with Crippen LogP contribution in [0.25, 0.3) is 0 Å². The maximum Gasteiger partial charge on any atom is 0.263 e. The molecule has 1 aromatic carbocycles. The maximum absolute atomic E-state index is 12.6. The first kappa shape index (κ1) is 20.0. The molecule has 1 aliphatic carbocycles. The smallest absolute Gasteiger partial charge is 0.263 e. The minimum atomic E-state index is -3.80. The van der Waals surface area contributed by atoms with Crippen LogP contribution in [0.4, 0.5) is 11.5 Å². The molecule has 1 aliphatic rings. The molecule has 156 valence electrons. The van der Waals surface area contributed by atoms with E-state index in [-0.39, 0.29) is 22.5 Å². The van der Waals surface area contributed by atoms with Gasteiger partial charge < -0.3 is 10.3 Å². The number of aryl methyl sites for hydroxylation is 3. The van der Waals surface area contributed by atoms with Crippen LogP contribution in [0.1, 0.15) is 29.3 Å². The molecule has 2 heterocycles. The Hall–Kier alpha value is -3.27. The highest BCUT2D eigenvalue weighted by Crippen LogP contribution is 2.24. The molecule has 0 radical (unpaired) electrons. The molecule has 0 saturated heterocycles. The second-order valence-electron chi connectivity index (χ2n) is 7.33. The van der Waals surface area contributed by atoms with E-state index in [1.807, 2.05) is 0 Å². The molecular weight excluding hydrogens is 404 g/mol. The van der Waals surface area contributed by atoms with Gasteiger partial charge in [0.05, 0.1) is 16.9 Å². The molecule has 0 spiro atoms. The van der Waals surface area contributed by atoms with Crippen LogP contribution in [0.2, 0.25) is 0 Å². The van der Waals surface area contributed by atoms with Gasteiger partial charge in [0.15, 0.2) is 0 Å². The van der Waals surface area contributed by atoms with Crippen molar-refractivity contribution in [3.8, 4) is 0 Å². The zero-order chi connectivity index (χ0) is 21.3. The first-order valence-electron chi connectivity index (χ1n) is 9.57. The summed E-state index contributed by atoms with van der Waals surface area (Å²) in [7, 11) is -3.80. The lowest BCUT2D eigenvalue weighted by atomic mass is 9.89.